The number of primary amides is 1. The normalized spacial score (nSPS) is 11.2. The van der Waals surface area contributed by atoms with Crippen LogP contribution in [0.15, 0.2) is 48.5 Å². The smallest absolute Gasteiger partial charge is 0.249 e. The Balaban J connectivity index is 2.09. The van der Waals surface area contributed by atoms with Crippen molar-refractivity contribution in [3.63, 3.8) is 0 Å². The van der Waals surface area contributed by atoms with Gasteiger partial charge in [-0.2, -0.15) is 0 Å². The standard InChI is InChI=1S/C18H21NO2/c1-18(2,3)14-8-10-15(11-9-14)21-12-13-6-4-5-7-16(13)17(19)20/h4-11H,12H2,1-3H3,(H2,19,20). The highest BCUT2D eigenvalue weighted by Gasteiger charge is 2.13. The fourth-order valence-electron chi connectivity index (χ4n) is 2.10. The Labute approximate surface area is 125 Å². The van der Waals surface area contributed by atoms with Crippen LogP contribution in [0.3, 0.4) is 0 Å². The molecule has 0 fully saturated rings. The van der Waals surface area contributed by atoms with Crippen LogP contribution in [0, 0.1) is 0 Å². The lowest BCUT2D eigenvalue weighted by Gasteiger charge is -2.19. The van der Waals surface area contributed by atoms with Crippen molar-refractivity contribution in [3.8, 4) is 5.75 Å². The summed E-state index contributed by atoms with van der Waals surface area (Å²) in [4.78, 5) is 11.4. The molecule has 2 N–H and O–H groups in total. The Morgan fingerprint density at radius 1 is 1.05 bits per heavy atom. The molecule has 0 aliphatic rings. The van der Waals surface area contributed by atoms with Gasteiger partial charge in [0, 0.05) is 11.1 Å². The van der Waals surface area contributed by atoms with E-state index in [1.807, 2.05) is 24.3 Å². The highest BCUT2D eigenvalue weighted by atomic mass is 16.5. The van der Waals surface area contributed by atoms with Crippen LogP contribution in [0.4, 0.5) is 0 Å². The molecule has 0 saturated carbocycles. The number of ether oxygens (including phenoxy) is 1. The summed E-state index contributed by atoms with van der Waals surface area (Å²) in [5, 5.41) is 0. The van der Waals surface area contributed by atoms with Crippen LogP contribution >= 0.6 is 0 Å². The molecule has 0 aromatic heterocycles. The monoisotopic (exact) mass is 283 g/mol. The van der Waals surface area contributed by atoms with Crippen LogP contribution in [0.25, 0.3) is 0 Å². The third-order valence-electron chi connectivity index (χ3n) is 3.40. The summed E-state index contributed by atoms with van der Waals surface area (Å²) in [5.41, 5.74) is 8.04. The van der Waals surface area contributed by atoms with Gasteiger partial charge >= 0.3 is 0 Å². The maximum absolute atomic E-state index is 11.4. The minimum atomic E-state index is -0.433. The SMILES string of the molecule is CC(C)(C)c1ccc(OCc2ccccc2C(N)=O)cc1. The van der Waals surface area contributed by atoms with Gasteiger partial charge in [0.05, 0.1) is 0 Å². The van der Waals surface area contributed by atoms with Gasteiger partial charge in [0.15, 0.2) is 0 Å². The summed E-state index contributed by atoms with van der Waals surface area (Å²) in [5.74, 6) is 0.347. The predicted octanol–water partition coefficient (Wildman–Crippen LogP) is 3.66. The van der Waals surface area contributed by atoms with E-state index in [2.05, 4.69) is 32.9 Å². The average molecular weight is 283 g/mol. The molecule has 21 heavy (non-hydrogen) atoms. The molecule has 1 amide bonds. The van der Waals surface area contributed by atoms with E-state index in [-0.39, 0.29) is 5.41 Å². The second kappa shape index (κ2) is 6.00. The number of hydrogen-bond donors (Lipinski definition) is 1. The fraction of sp³-hybridized carbons (Fsp3) is 0.278. The number of benzene rings is 2. The third kappa shape index (κ3) is 3.85. The van der Waals surface area contributed by atoms with Crippen molar-refractivity contribution in [2.24, 2.45) is 5.73 Å². The maximum Gasteiger partial charge on any atom is 0.249 e. The first-order valence-corrected chi connectivity index (χ1v) is 6.99. The van der Waals surface area contributed by atoms with E-state index in [0.29, 0.717) is 12.2 Å². The quantitative estimate of drug-likeness (QED) is 0.931. The van der Waals surface area contributed by atoms with Gasteiger partial charge < -0.3 is 10.5 Å². The minimum absolute atomic E-state index is 0.122. The number of carbonyl (C=O) groups is 1. The van der Waals surface area contributed by atoms with Crippen molar-refractivity contribution in [2.75, 3.05) is 0 Å². The highest BCUT2D eigenvalue weighted by Crippen LogP contribution is 2.24. The molecule has 0 bridgehead atoms. The molecule has 3 nitrogen and oxygen atoms in total. The molecule has 0 radical (unpaired) electrons. The fourth-order valence-corrected chi connectivity index (χ4v) is 2.10. The third-order valence-corrected chi connectivity index (χ3v) is 3.40. The van der Waals surface area contributed by atoms with E-state index in [4.69, 9.17) is 10.5 Å². The molecule has 2 aromatic rings. The van der Waals surface area contributed by atoms with Gasteiger partial charge in [-0.25, -0.2) is 0 Å². The van der Waals surface area contributed by atoms with Gasteiger partial charge in [-0.15, -0.1) is 0 Å². The first kappa shape index (κ1) is 15.1. The first-order valence-electron chi connectivity index (χ1n) is 6.99. The molecule has 2 aromatic carbocycles. The van der Waals surface area contributed by atoms with Gasteiger partial charge in [0.2, 0.25) is 5.91 Å². The number of rotatable bonds is 4. The largest absolute Gasteiger partial charge is 0.489 e. The number of nitrogens with two attached hydrogens (primary N) is 1. The molecule has 0 aliphatic heterocycles. The highest BCUT2D eigenvalue weighted by molar-refractivity contribution is 5.94. The Hall–Kier alpha value is -2.29. The summed E-state index contributed by atoms with van der Waals surface area (Å²) in [6.45, 7) is 6.85. The molecule has 0 aliphatic carbocycles. The molecule has 0 atom stereocenters. The lowest BCUT2D eigenvalue weighted by molar-refractivity contribution is 0.0998. The predicted molar refractivity (Wildman–Crippen MR) is 84.4 cm³/mol. The van der Waals surface area contributed by atoms with E-state index in [0.717, 1.165) is 11.3 Å². The van der Waals surface area contributed by atoms with Crippen molar-refractivity contribution in [1.29, 1.82) is 0 Å². The molecular formula is C18H21NO2. The van der Waals surface area contributed by atoms with E-state index < -0.39 is 5.91 Å². The first-order chi connectivity index (χ1) is 9.88. The van der Waals surface area contributed by atoms with Crippen LogP contribution in [0.5, 0.6) is 5.75 Å². The number of amides is 1. The van der Waals surface area contributed by atoms with Crippen LogP contribution in [0.1, 0.15) is 42.3 Å². The molecule has 2 rings (SSSR count). The van der Waals surface area contributed by atoms with Crippen LogP contribution in [-0.2, 0) is 12.0 Å². The summed E-state index contributed by atoms with van der Waals surface area (Å²) in [7, 11) is 0. The van der Waals surface area contributed by atoms with Crippen LogP contribution in [0.2, 0.25) is 0 Å². The minimum Gasteiger partial charge on any atom is -0.489 e. The second-order valence-corrected chi connectivity index (χ2v) is 6.08. The van der Waals surface area contributed by atoms with Crippen LogP contribution < -0.4 is 10.5 Å². The van der Waals surface area contributed by atoms with Gasteiger partial charge in [0.1, 0.15) is 12.4 Å². The topological polar surface area (TPSA) is 52.3 Å². The maximum atomic E-state index is 11.4. The molecule has 0 spiro atoms. The Bertz CT molecular complexity index is 624. The molecule has 110 valence electrons. The zero-order valence-electron chi connectivity index (χ0n) is 12.7. The average Bonchev–Trinajstić information content (AvgIpc) is 2.45. The summed E-state index contributed by atoms with van der Waals surface area (Å²) < 4.78 is 5.74. The van der Waals surface area contributed by atoms with E-state index in [1.165, 1.54) is 5.56 Å². The lowest BCUT2D eigenvalue weighted by Crippen LogP contribution is -2.14. The molecule has 3 heteroatoms. The van der Waals surface area contributed by atoms with Gasteiger partial charge in [-0.1, -0.05) is 51.1 Å². The van der Waals surface area contributed by atoms with E-state index in [9.17, 15) is 4.79 Å². The van der Waals surface area contributed by atoms with E-state index >= 15 is 0 Å². The molecular weight excluding hydrogens is 262 g/mol. The van der Waals surface area contributed by atoms with Crippen molar-refractivity contribution in [1.82, 2.24) is 0 Å². The number of hydrogen-bond acceptors (Lipinski definition) is 2. The molecule has 0 unspecified atom stereocenters. The second-order valence-electron chi connectivity index (χ2n) is 6.08. The Morgan fingerprint density at radius 3 is 2.24 bits per heavy atom. The van der Waals surface area contributed by atoms with Gasteiger partial charge in [0.25, 0.3) is 0 Å². The summed E-state index contributed by atoms with van der Waals surface area (Å²) in [6, 6.07) is 15.3. The van der Waals surface area contributed by atoms with Crippen molar-refractivity contribution < 1.29 is 9.53 Å². The van der Waals surface area contributed by atoms with Crippen molar-refractivity contribution in [3.05, 3.63) is 65.2 Å². The Morgan fingerprint density at radius 2 is 1.67 bits per heavy atom. The molecule has 0 saturated heterocycles. The number of carbonyl (C=O) groups excluding carboxylic acids is 1. The van der Waals surface area contributed by atoms with Gasteiger partial charge in [-0.3, -0.25) is 4.79 Å². The zero-order valence-corrected chi connectivity index (χ0v) is 12.7. The van der Waals surface area contributed by atoms with Crippen molar-refractivity contribution in [2.45, 2.75) is 32.8 Å². The zero-order chi connectivity index (χ0) is 15.5. The summed E-state index contributed by atoms with van der Waals surface area (Å²) >= 11 is 0. The van der Waals surface area contributed by atoms with E-state index in [1.54, 1.807) is 12.1 Å². The van der Waals surface area contributed by atoms with Crippen LogP contribution in [-0.4, -0.2) is 5.91 Å². The Kier molecular flexibility index (Phi) is 4.32. The lowest BCUT2D eigenvalue weighted by atomic mass is 9.87. The van der Waals surface area contributed by atoms with Crippen molar-refractivity contribution >= 4 is 5.91 Å². The molecule has 0 heterocycles. The van der Waals surface area contributed by atoms with Gasteiger partial charge in [-0.05, 0) is 29.2 Å². The summed E-state index contributed by atoms with van der Waals surface area (Å²) in [6.07, 6.45) is 0.